The van der Waals surface area contributed by atoms with Crippen LogP contribution < -0.4 is 0 Å². The standard InChI is InChI=1S/C10H16O/c1-2-8-11-9-10-6-4-3-5-7-10/h1,10H,3-9H2. The molecule has 0 aromatic rings. The third-order valence-corrected chi connectivity index (χ3v) is 2.26. The van der Waals surface area contributed by atoms with E-state index in [2.05, 4.69) is 5.92 Å². The maximum atomic E-state index is 5.29. The Morgan fingerprint density at radius 3 is 2.64 bits per heavy atom. The molecule has 0 aromatic carbocycles. The third kappa shape index (κ3) is 3.43. The van der Waals surface area contributed by atoms with Crippen LogP contribution in [-0.4, -0.2) is 13.2 Å². The number of hydrogen-bond acceptors (Lipinski definition) is 1. The maximum Gasteiger partial charge on any atom is 0.107 e. The average molecular weight is 152 g/mol. The minimum Gasteiger partial charge on any atom is -0.369 e. The van der Waals surface area contributed by atoms with Gasteiger partial charge in [-0.3, -0.25) is 0 Å². The molecule has 0 N–H and O–H groups in total. The van der Waals surface area contributed by atoms with Crippen molar-refractivity contribution in [2.24, 2.45) is 5.92 Å². The van der Waals surface area contributed by atoms with E-state index in [1.165, 1.54) is 32.1 Å². The molecule has 1 rings (SSSR count). The summed E-state index contributed by atoms with van der Waals surface area (Å²) >= 11 is 0. The van der Waals surface area contributed by atoms with Crippen LogP contribution in [-0.2, 0) is 4.74 Å². The van der Waals surface area contributed by atoms with Crippen LogP contribution in [0.15, 0.2) is 0 Å². The second-order valence-electron chi connectivity index (χ2n) is 3.22. The normalized spacial score (nSPS) is 19.5. The maximum absolute atomic E-state index is 5.29. The quantitative estimate of drug-likeness (QED) is 0.445. The van der Waals surface area contributed by atoms with Crippen LogP contribution in [0.1, 0.15) is 32.1 Å². The first-order valence-electron chi connectivity index (χ1n) is 4.44. The largest absolute Gasteiger partial charge is 0.369 e. The zero-order chi connectivity index (χ0) is 7.94. The van der Waals surface area contributed by atoms with E-state index in [9.17, 15) is 0 Å². The summed E-state index contributed by atoms with van der Waals surface area (Å²) in [5.41, 5.74) is 0. The second kappa shape index (κ2) is 5.21. The van der Waals surface area contributed by atoms with Gasteiger partial charge in [-0.25, -0.2) is 0 Å². The Kier molecular flexibility index (Phi) is 4.08. The predicted octanol–water partition coefficient (Wildman–Crippen LogP) is 2.22. The van der Waals surface area contributed by atoms with Crippen LogP contribution in [0.25, 0.3) is 0 Å². The van der Waals surface area contributed by atoms with Crippen molar-refractivity contribution in [2.45, 2.75) is 32.1 Å². The van der Waals surface area contributed by atoms with Crippen molar-refractivity contribution in [3.05, 3.63) is 0 Å². The first kappa shape index (κ1) is 8.62. The minimum atomic E-state index is 0.483. The van der Waals surface area contributed by atoms with Crippen molar-refractivity contribution >= 4 is 0 Å². The van der Waals surface area contributed by atoms with Crippen molar-refractivity contribution in [3.63, 3.8) is 0 Å². The Hall–Kier alpha value is -0.480. The molecule has 11 heavy (non-hydrogen) atoms. The number of rotatable bonds is 3. The van der Waals surface area contributed by atoms with Gasteiger partial charge >= 0.3 is 0 Å². The first-order valence-corrected chi connectivity index (χ1v) is 4.44. The molecule has 1 aliphatic rings. The highest BCUT2D eigenvalue weighted by Gasteiger charge is 2.12. The number of hydrogen-bond donors (Lipinski definition) is 0. The molecule has 1 fully saturated rings. The molecule has 62 valence electrons. The summed E-state index contributed by atoms with van der Waals surface area (Å²) < 4.78 is 5.29. The topological polar surface area (TPSA) is 9.23 Å². The lowest BCUT2D eigenvalue weighted by Crippen LogP contribution is -2.13. The summed E-state index contributed by atoms with van der Waals surface area (Å²) in [7, 11) is 0. The van der Waals surface area contributed by atoms with E-state index in [1.807, 2.05) is 0 Å². The Morgan fingerprint density at radius 2 is 2.00 bits per heavy atom. The smallest absolute Gasteiger partial charge is 0.107 e. The molecular weight excluding hydrogens is 136 g/mol. The van der Waals surface area contributed by atoms with E-state index in [0.29, 0.717) is 6.61 Å². The Balaban J connectivity index is 2.01. The number of terminal acetylenes is 1. The summed E-state index contributed by atoms with van der Waals surface area (Å²) in [5.74, 6) is 3.27. The molecule has 0 radical (unpaired) electrons. The average Bonchev–Trinajstić information content (AvgIpc) is 2.07. The molecule has 0 amide bonds. The predicted molar refractivity (Wildman–Crippen MR) is 46.2 cm³/mol. The van der Waals surface area contributed by atoms with Gasteiger partial charge in [0.05, 0.1) is 6.61 Å². The monoisotopic (exact) mass is 152 g/mol. The molecule has 1 aliphatic carbocycles. The third-order valence-electron chi connectivity index (χ3n) is 2.26. The molecule has 0 aliphatic heterocycles. The van der Waals surface area contributed by atoms with Crippen LogP contribution >= 0.6 is 0 Å². The first-order chi connectivity index (χ1) is 5.43. The van der Waals surface area contributed by atoms with Crippen LogP contribution in [0.5, 0.6) is 0 Å². The Bertz CT molecular complexity index is 128. The zero-order valence-electron chi connectivity index (χ0n) is 7.01. The van der Waals surface area contributed by atoms with Crippen LogP contribution in [0.3, 0.4) is 0 Å². The molecule has 1 saturated carbocycles. The molecule has 0 bridgehead atoms. The molecule has 1 nitrogen and oxygen atoms in total. The van der Waals surface area contributed by atoms with E-state index >= 15 is 0 Å². The zero-order valence-corrected chi connectivity index (χ0v) is 7.01. The van der Waals surface area contributed by atoms with Crippen LogP contribution in [0.4, 0.5) is 0 Å². The van der Waals surface area contributed by atoms with Crippen molar-refractivity contribution in [3.8, 4) is 12.3 Å². The van der Waals surface area contributed by atoms with Gasteiger partial charge < -0.3 is 4.74 Å². The lowest BCUT2D eigenvalue weighted by atomic mass is 9.90. The molecule has 1 heteroatoms. The molecule has 0 spiro atoms. The molecule has 0 atom stereocenters. The van der Waals surface area contributed by atoms with Crippen molar-refractivity contribution in [1.29, 1.82) is 0 Å². The Labute approximate surface area is 69.1 Å². The fraction of sp³-hybridized carbons (Fsp3) is 0.800. The summed E-state index contributed by atoms with van der Waals surface area (Å²) in [6, 6.07) is 0. The van der Waals surface area contributed by atoms with Crippen molar-refractivity contribution in [2.75, 3.05) is 13.2 Å². The molecular formula is C10H16O. The fourth-order valence-corrected chi connectivity index (χ4v) is 1.64. The van der Waals surface area contributed by atoms with Gasteiger partial charge in [0.25, 0.3) is 0 Å². The SMILES string of the molecule is C#CCOCC1CCCCC1. The van der Waals surface area contributed by atoms with E-state index in [0.717, 1.165) is 12.5 Å². The van der Waals surface area contributed by atoms with Gasteiger partial charge in [-0.1, -0.05) is 25.2 Å². The highest BCUT2D eigenvalue weighted by atomic mass is 16.5. The van der Waals surface area contributed by atoms with Crippen molar-refractivity contribution in [1.82, 2.24) is 0 Å². The van der Waals surface area contributed by atoms with Crippen LogP contribution in [0, 0.1) is 18.3 Å². The fourth-order valence-electron chi connectivity index (χ4n) is 1.64. The van der Waals surface area contributed by atoms with Crippen molar-refractivity contribution < 1.29 is 4.74 Å². The van der Waals surface area contributed by atoms with Gasteiger partial charge in [0.1, 0.15) is 6.61 Å². The van der Waals surface area contributed by atoms with Gasteiger partial charge in [-0.15, -0.1) is 6.42 Å². The minimum absolute atomic E-state index is 0.483. The number of ether oxygens (including phenoxy) is 1. The summed E-state index contributed by atoms with van der Waals surface area (Å²) in [6.07, 6.45) is 11.9. The van der Waals surface area contributed by atoms with Gasteiger partial charge in [0.15, 0.2) is 0 Å². The summed E-state index contributed by atoms with van der Waals surface area (Å²) in [4.78, 5) is 0. The van der Waals surface area contributed by atoms with E-state index in [1.54, 1.807) is 0 Å². The summed E-state index contributed by atoms with van der Waals surface area (Å²) in [5, 5.41) is 0. The van der Waals surface area contributed by atoms with Gasteiger partial charge in [0, 0.05) is 0 Å². The van der Waals surface area contributed by atoms with E-state index < -0.39 is 0 Å². The molecule has 0 unspecified atom stereocenters. The van der Waals surface area contributed by atoms with Gasteiger partial charge in [0.2, 0.25) is 0 Å². The highest BCUT2D eigenvalue weighted by Crippen LogP contribution is 2.23. The van der Waals surface area contributed by atoms with E-state index in [-0.39, 0.29) is 0 Å². The molecule has 0 saturated heterocycles. The summed E-state index contributed by atoms with van der Waals surface area (Å²) in [6.45, 7) is 1.36. The molecule has 0 heterocycles. The lowest BCUT2D eigenvalue weighted by molar-refractivity contribution is 0.109. The van der Waals surface area contributed by atoms with Gasteiger partial charge in [-0.05, 0) is 18.8 Å². The highest BCUT2D eigenvalue weighted by molar-refractivity contribution is 4.83. The molecule has 0 aromatic heterocycles. The second-order valence-corrected chi connectivity index (χ2v) is 3.22. The van der Waals surface area contributed by atoms with Gasteiger partial charge in [-0.2, -0.15) is 0 Å². The lowest BCUT2D eigenvalue weighted by Gasteiger charge is -2.20. The van der Waals surface area contributed by atoms with E-state index in [4.69, 9.17) is 11.2 Å². The Morgan fingerprint density at radius 1 is 1.27 bits per heavy atom. The van der Waals surface area contributed by atoms with Crippen LogP contribution in [0.2, 0.25) is 0 Å².